The van der Waals surface area contributed by atoms with Gasteiger partial charge < -0.3 is 4.74 Å². The Morgan fingerprint density at radius 1 is 1.00 bits per heavy atom. The number of rotatable bonds is 7. The van der Waals surface area contributed by atoms with Crippen LogP contribution in [-0.2, 0) is 6.42 Å². The van der Waals surface area contributed by atoms with Crippen LogP contribution in [0.25, 0.3) is 0 Å². The van der Waals surface area contributed by atoms with Crippen molar-refractivity contribution in [3.05, 3.63) is 77.4 Å². The first kappa shape index (κ1) is 16.0. The van der Waals surface area contributed by atoms with Crippen LogP contribution in [0.1, 0.15) is 41.8 Å². The van der Waals surface area contributed by atoms with Gasteiger partial charge in [-0.3, -0.25) is 4.79 Å². The van der Waals surface area contributed by atoms with Crippen molar-refractivity contribution in [2.75, 3.05) is 6.61 Å². The summed E-state index contributed by atoms with van der Waals surface area (Å²) in [6.07, 6.45) is 2.15. The molecule has 22 heavy (non-hydrogen) atoms. The van der Waals surface area contributed by atoms with Crippen LogP contribution < -0.4 is 4.74 Å². The number of carbonyl (C=O) groups excluding carboxylic acids is 1. The van der Waals surface area contributed by atoms with E-state index in [4.69, 9.17) is 4.74 Å². The molecule has 0 bridgehead atoms. The molecule has 0 saturated carbocycles. The van der Waals surface area contributed by atoms with Gasteiger partial charge in [0, 0.05) is 11.1 Å². The average molecular weight is 294 g/mol. The molecule has 2 aromatic carbocycles. The molecular weight excluding hydrogens is 272 g/mol. The van der Waals surface area contributed by atoms with Crippen LogP contribution in [0.3, 0.4) is 0 Å². The maximum Gasteiger partial charge on any atom is 0.193 e. The summed E-state index contributed by atoms with van der Waals surface area (Å²) in [5.74, 6) is 0.785. The Labute approximate surface area is 132 Å². The van der Waals surface area contributed by atoms with Gasteiger partial charge in [0.15, 0.2) is 5.78 Å². The molecular formula is C20H22O2. The van der Waals surface area contributed by atoms with E-state index in [-0.39, 0.29) is 5.78 Å². The molecule has 2 heteroatoms. The highest BCUT2D eigenvalue weighted by atomic mass is 16.5. The van der Waals surface area contributed by atoms with Gasteiger partial charge in [-0.25, -0.2) is 0 Å². The number of hydrogen-bond donors (Lipinski definition) is 0. The summed E-state index contributed by atoms with van der Waals surface area (Å²) in [7, 11) is 0. The summed E-state index contributed by atoms with van der Waals surface area (Å²) in [5, 5.41) is 0. The number of aryl methyl sites for hydroxylation is 1. The van der Waals surface area contributed by atoms with E-state index in [2.05, 4.69) is 13.5 Å². The lowest BCUT2D eigenvalue weighted by molar-refractivity contribution is 0.103. The van der Waals surface area contributed by atoms with Gasteiger partial charge in [-0.15, -0.1) is 0 Å². The number of carbonyl (C=O) groups is 1. The predicted octanol–water partition coefficient (Wildman–Crippen LogP) is 4.83. The number of ketones is 1. The first-order valence-electron chi connectivity index (χ1n) is 7.61. The minimum Gasteiger partial charge on any atom is -0.489 e. The standard InChI is InChI=1S/C20H22O2/c1-4-5-16-6-8-17(9-7-16)20(21)18-10-12-19(13-11-18)22-14-15(2)3/h6-13H,2,4-5,14H2,1,3H3. The fraction of sp³-hybridized carbons (Fsp3) is 0.250. The fourth-order valence-electron chi connectivity index (χ4n) is 2.19. The van der Waals surface area contributed by atoms with Crippen molar-refractivity contribution in [3.8, 4) is 5.75 Å². The highest BCUT2D eigenvalue weighted by Gasteiger charge is 2.09. The van der Waals surface area contributed by atoms with Gasteiger partial charge in [0.05, 0.1) is 0 Å². The molecule has 0 amide bonds. The van der Waals surface area contributed by atoms with Gasteiger partial charge in [0.2, 0.25) is 0 Å². The topological polar surface area (TPSA) is 26.3 Å². The molecule has 0 spiro atoms. The van der Waals surface area contributed by atoms with E-state index in [1.54, 1.807) is 12.1 Å². The van der Waals surface area contributed by atoms with Crippen LogP contribution in [0, 0.1) is 0 Å². The fourth-order valence-corrected chi connectivity index (χ4v) is 2.19. The van der Waals surface area contributed by atoms with E-state index < -0.39 is 0 Å². The molecule has 0 aliphatic carbocycles. The van der Waals surface area contributed by atoms with Gasteiger partial charge in [-0.1, -0.05) is 44.2 Å². The molecule has 0 saturated heterocycles. The van der Waals surface area contributed by atoms with Crippen LogP contribution in [0.4, 0.5) is 0 Å². The van der Waals surface area contributed by atoms with Crippen LogP contribution >= 0.6 is 0 Å². The summed E-state index contributed by atoms with van der Waals surface area (Å²) < 4.78 is 5.54. The number of benzene rings is 2. The van der Waals surface area contributed by atoms with Gasteiger partial charge in [0.1, 0.15) is 12.4 Å². The second-order valence-electron chi connectivity index (χ2n) is 5.55. The van der Waals surface area contributed by atoms with E-state index in [0.717, 1.165) is 29.7 Å². The third kappa shape index (κ3) is 4.32. The van der Waals surface area contributed by atoms with Crippen LogP contribution in [-0.4, -0.2) is 12.4 Å². The summed E-state index contributed by atoms with van der Waals surface area (Å²) in [6, 6.07) is 15.1. The van der Waals surface area contributed by atoms with Crippen molar-refractivity contribution in [1.29, 1.82) is 0 Å². The first-order chi connectivity index (χ1) is 10.6. The van der Waals surface area contributed by atoms with E-state index >= 15 is 0 Å². The molecule has 0 radical (unpaired) electrons. The molecule has 0 aromatic heterocycles. The van der Waals surface area contributed by atoms with Crippen LogP contribution in [0.5, 0.6) is 5.75 Å². The Kier molecular flexibility index (Phi) is 5.54. The Hall–Kier alpha value is -2.35. The monoisotopic (exact) mass is 294 g/mol. The highest BCUT2D eigenvalue weighted by molar-refractivity contribution is 6.09. The third-order valence-electron chi connectivity index (χ3n) is 3.36. The van der Waals surface area contributed by atoms with Gasteiger partial charge >= 0.3 is 0 Å². The Morgan fingerprint density at radius 3 is 2.05 bits per heavy atom. The maximum atomic E-state index is 12.4. The van der Waals surface area contributed by atoms with Crippen LogP contribution in [0.2, 0.25) is 0 Å². The molecule has 0 fully saturated rings. The van der Waals surface area contributed by atoms with Crippen molar-refractivity contribution in [2.24, 2.45) is 0 Å². The van der Waals surface area contributed by atoms with Gasteiger partial charge in [-0.05, 0) is 48.7 Å². The molecule has 0 N–H and O–H groups in total. The second kappa shape index (κ2) is 7.60. The Morgan fingerprint density at radius 2 is 1.55 bits per heavy atom. The molecule has 0 heterocycles. The van der Waals surface area contributed by atoms with Crippen molar-refractivity contribution in [1.82, 2.24) is 0 Å². The summed E-state index contributed by atoms with van der Waals surface area (Å²) in [5.41, 5.74) is 3.62. The van der Waals surface area contributed by atoms with E-state index in [1.807, 2.05) is 43.3 Å². The SMILES string of the molecule is C=C(C)COc1ccc(C(=O)c2ccc(CCC)cc2)cc1. The van der Waals surface area contributed by atoms with E-state index in [1.165, 1.54) is 5.56 Å². The molecule has 2 rings (SSSR count). The number of hydrogen-bond acceptors (Lipinski definition) is 2. The first-order valence-corrected chi connectivity index (χ1v) is 7.61. The minimum absolute atomic E-state index is 0.0366. The van der Waals surface area contributed by atoms with Crippen LogP contribution in [0.15, 0.2) is 60.7 Å². The smallest absolute Gasteiger partial charge is 0.193 e. The zero-order chi connectivity index (χ0) is 15.9. The lowest BCUT2D eigenvalue weighted by Gasteiger charge is -2.07. The Bertz CT molecular complexity index is 636. The maximum absolute atomic E-state index is 12.4. The summed E-state index contributed by atoms with van der Waals surface area (Å²) in [4.78, 5) is 12.4. The second-order valence-corrected chi connectivity index (χ2v) is 5.55. The molecule has 0 aliphatic heterocycles. The predicted molar refractivity (Wildman–Crippen MR) is 90.6 cm³/mol. The van der Waals surface area contributed by atoms with Crippen molar-refractivity contribution < 1.29 is 9.53 Å². The third-order valence-corrected chi connectivity index (χ3v) is 3.36. The minimum atomic E-state index is 0.0366. The molecule has 0 unspecified atom stereocenters. The van der Waals surface area contributed by atoms with Crippen molar-refractivity contribution in [2.45, 2.75) is 26.7 Å². The zero-order valence-corrected chi connectivity index (χ0v) is 13.3. The molecule has 0 aliphatic rings. The zero-order valence-electron chi connectivity index (χ0n) is 13.3. The summed E-state index contributed by atoms with van der Waals surface area (Å²) in [6.45, 7) is 8.36. The molecule has 114 valence electrons. The molecule has 2 nitrogen and oxygen atoms in total. The average Bonchev–Trinajstić information content (AvgIpc) is 2.54. The van der Waals surface area contributed by atoms with Gasteiger partial charge in [-0.2, -0.15) is 0 Å². The van der Waals surface area contributed by atoms with Crippen molar-refractivity contribution in [3.63, 3.8) is 0 Å². The Balaban J connectivity index is 2.07. The van der Waals surface area contributed by atoms with Gasteiger partial charge in [0.25, 0.3) is 0 Å². The molecule has 0 atom stereocenters. The summed E-state index contributed by atoms with van der Waals surface area (Å²) >= 11 is 0. The van der Waals surface area contributed by atoms with E-state index in [0.29, 0.717) is 12.2 Å². The highest BCUT2D eigenvalue weighted by Crippen LogP contribution is 2.17. The lowest BCUT2D eigenvalue weighted by Crippen LogP contribution is -2.02. The largest absolute Gasteiger partial charge is 0.489 e. The molecule has 2 aromatic rings. The van der Waals surface area contributed by atoms with E-state index in [9.17, 15) is 4.79 Å². The normalized spacial score (nSPS) is 10.3. The number of ether oxygens (including phenoxy) is 1. The lowest BCUT2D eigenvalue weighted by atomic mass is 10.0. The quantitative estimate of drug-likeness (QED) is 0.540. The van der Waals surface area contributed by atoms with Crippen molar-refractivity contribution >= 4 is 5.78 Å².